The molecule has 0 N–H and O–H groups in total. The molecule has 0 aliphatic heterocycles. The Kier molecular flexibility index (Phi) is 5.22. The molecule has 26 heavy (non-hydrogen) atoms. The van der Waals surface area contributed by atoms with Crippen LogP contribution in [0, 0.1) is 0 Å². The molecule has 0 radical (unpaired) electrons. The number of oxazole rings is 1. The summed E-state index contributed by atoms with van der Waals surface area (Å²) < 4.78 is 41.1. The molecule has 0 amide bonds. The summed E-state index contributed by atoms with van der Waals surface area (Å²) in [6.45, 7) is -2.14. The molecule has 3 rings (SSSR count). The van der Waals surface area contributed by atoms with Gasteiger partial charge >= 0.3 is 12.4 Å². The molecule has 138 valence electrons. The molecule has 0 fully saturated rings. The van der Waals surface area contributed by atoms with Gasteiger partial charge in [-0.1, -0.05) is 18.2 Å². The standard InChI is InChI=1S/C18H18F2N2O4/c1-21(11-22-13-5-3-4-6-14(13)26-18(22)23)10-12-7-8-15(25-17(19)20)16(9-12)24-2/h3-9,17H,10-11H2,1-2H3. The average molecular weight is 364 g/mol. The van der Waals surface area contributed by atoms with Gasteiger partial charge in [-0.2, -0.15) is 8.78 Å². The summed E-state index contributed by atoms with van der Waals surface area (Å²) in [5.74, 6) is -0.232. The first-order valence-electron chi connectivity index (χ1n) is 7.86. The van der Waals surface area contributed by atoms with Crippen LogP contribution in [-0.2, 0) is 13.2 Å². The topological polar surface area (TPSA) is 56.8 Å². The number of alkyl halides is 2. The number of methoxy groups -OCH3 is 1. The molecule has 8 heteroatoms. The first kappa shape index (κ1) is 17.9. The van der Waals surface area contributed by atoms with Crippen molar-refractivity contribution in [2.45, 2.75) is 19.8 Å². The van der Waals surface area contributed by atoms with Gasteiger partial charge in [0.2, 0.25) is 0 Å². The molecule has 0 unspecified atom stereocenters. The lowest BCUT2D eigenvalue weighted by atomic mass is 10.2. The second-order valence-corrected chi connectivity index (χ2v) is 5.78. The normalized spacial score (nSPS) is 11.5. The second-order valence-electron chi connectivity index (χ2n) is 5.78. The van der Waals surface area contributed by atoms with Crippen molar-refractivity contribution in [3.63, 3.8) is 0 Å². The van der Waals surface area contributed by atoms with Crippen molar-refractivity contribution in [2.24, 2.45) is 0 Å². The fourth-order valence-electron chi connectivity index (χ4n) is 2.75. The van der Waals surface area contributed by atoms with Gasteiger partial charge in [-0.25, -0.2) is 4.79 Å². The maximum atomic E-state index is 12.4. The van der Waals surface area contributed by atoms with Gasteiger partial charge in [-0.3, -0.25) is 9.47 Å². The lowest BCUT2D eigenvalue weighted by Crippen LogP contribution is -2.27. The van der Waals surface area contributed by atoms with E-state index >= 15 is 0 Å². The fraction of sp³-hybridized carbons (Fsp3) is 0.278. The fourth-order valence-corrected chi connectivity index (χ4v) is 2.75. The molecule has 0 aliphatic rings. The van der Waals surface area contributed by atoms with Crippen LogP contribution in [0.5, 0.6) is 11.5 Å². The van der Waals surface area contributed by atoms with E-state index < -0.39 is 12.4 Å². The van der Waals surface area contributed by atoms with Gasteiger partial charge in [0.25, 0.3) is 0 Å². The first-order valence-corrected chi connectivity index (χ1v) is 7.86. The number of hydrogen-bond donors (Lipinski definition) is 0. The van der Waals surface area contributed by atoms with E-state index in [9.17, 15) is 13.6 Å². The zero-order valence-electron chi connectivity index (χ0n) is 14.3. The number of rotatable bonds is 7. The Hall–Kier alpha value is -2.87. The Balaban J connectivity index is 1.76. The third-order valence-corrected chi connectivity index (χ3v) is 3.85. The van der Waals surface area contributed by atoms with Gasteiger partial charge < -0.3 is 13.9 Å². The van der Waals surface area contributed by atoms with E-state index in [-0.39, 0.29) is 11.5 Å². The first-order chi connectivity index (χ1) is 12.5. The predicted octanol–water partition coefficient (Wildman–Crippen LogP) is 3.29. The molecule has 1 heterocycles. The molecule has 0 atom stereocenters. The minimum absolute atomic E-state index is 0.0223. The van der Waals surface area contributed by atoms with Crippen LogP contribution >= 0.6 is 0 Å². The Morgan fingerprint density at radius 1 is 1.19 bits per heavy atom. The van der Waals surface area contributed by atoms with Crippen molar-refractivity contribution in [2.75, 3.05) is 14.2 Å². The van der Waals surface area contributed by atoms with Crippen molar-refractivity contribution in [1.29, 1.82) is 0 Å². The molecule has 3 aromatic rings. The highest BCUT2D eigenvalue weighted by Gasteiger charge is 2.14. The van der Waals surface area contributed by atoms with E-state index in [0.717, 1.165) is 5.56 Å². The van der Waals surface area contributed by atoms with Crippen LogP contribution in [0.25, 0.3) is 11.1 Å². The van der Waals surface area contributed by atoms with E-state index in [1.54, 1.807) is 24.3 Å². The van der Waals surface area contributed by atoms with Crippen LogP contribution in [0.2, 0.25) is 0 Å². The van der Waals surface area contributed by atoms with E-state index in [2.05, 4.69) is 4.74 Å². The van der Waals surface area contributed by atoms with E-state index in [1.165, 1.54) is 17.7 Å². The van der Waals surface area contributed by atoms with E-state index in [1.807, 2.05) is 24.1 Å². The smallest absolute Gasteiger partial charge is 0.421 e. The molecule has 0 bridgehead atoms. The number of hydrogen-bond acceptors (Lipinski definition) is 5. The van der Waals surface area contributed by atoms with Crippen molar-refractivity contribution < 1.29 is 22.7 Å². The van der Waals surface area contributed by atoms with E-state index in [4.69, 9.17) is 9.15 Å². The molecule has 1 aromatic heterocycles. The summed E-state index contributed by atoms with van der Waals surface area (Å²) in [7, 11) is 3.22. The Morgan fingerprint density at radius 3 is 2.69 bits per heavy atom. The largest absolute Gasteiger partial charge is 0.493 e. The number of halogens is 2. The number of fused-ring (bicyclic) bond motifs is 1. The summed E-state index contributed by atoms with van der Waals surface area (Å²) in [4.78, 5) is 13.9. The minimum Gasteiger partial charge on any atom is -0.493 e. The van der Waals surface area contributed by atoms with Gasteiger partial charge in [-0.15, -0.1) is 0 Å². The molecular weight excluding hydrogens is 346 g/mol. The maximum absolute atomic E-state index is 12.4. The highest BCUT2D eigenvalue weighted by molar-refractivity contribution is 5.72. The van der Waals surface area contributed by atoms with Crippen LogP contribution in [0.4, 0.5) is 8.78 Å². The van der Waals surface area contributed by atoms with E-state index in [0.29, 0.717) is 24.3 Å². The van der Waals surface area contributed by atoms with Crippen LogP contribution in [0.15, 0.2) is 51.7 Å². The molecule has 6 nitrogen and oxygen atoms in total. The molecule has 2 aromatic carbocycles. The van der Waals surface area contributed by atoms with Crippen molar-refractivity contribution >= 4 is 11.1 Å². The summed E-state index contributed by atoms with van der Waals surface area (Å²) in [5.41, 5.74) is 2.07. The monoisotopic (exact) mass is 364 g/mol. The second kappa shape index (κ2) is 7.57. The minimum atomic E-state index is -2.92. The van der Waals surface area contributed by atoms with Crippen LogP contribution < -0.4 is 15.2 Å². The number of para-hydroxylation sites is 2. The van der Waals surface area contributed by atoms with Gasteiger partial charge in [0, 0.05) is 6.54 Å². The molecule has 0 aliphatic carbocycles. The molecule has 0 spiro atoms. The summed E-state index contributed by atoms with van der Waals surface area (Å²) in [6.07, 6.45) is 0. The number of nitrogens with zero attached hydrogens (tertiary/aromatic N) is 2. The third kappa shape index (κ3) is 3.85. The number of ether oxygens (including phenoxy) is 2. The van der Waals surface area contributed by atoms with Gasteiger partial charge in [0.15, 0.2) is 17.1 Å². The van der Waals surface area contributed by atoms with Gasteiger partial charge in [-0.05, 0) is 36.9 Å². The number of benzene rings is 2. The quantitative estimate of drug-likeness (QED) is 0.644. The average Bonchev–Trinajstić information content (AvgIpc) is 2.91. The third-order valence-electron chi connectivity index (χ3n) is 3.85. The highest BCUT2D eigenvalue weighted by atomic mass is 19.3. The molecular formula is C18H18F2N2O4. The summed E-state index contributed by atoms with van der Waals surface area (Å²) in [5, 5.41) is 0. The molecule has 0 saturated carbocycles. The Morgan fingerprint density at radius 2 is 1.96 bits per heavy atom. The van der Waals surface area contributed by atoms with Crippen LogP contribution in [0.3, 0.4) is 0 Å². The predicted molar refractivity (Wildman–Crippen MR) is 91.6 cm³/mol. The van der Waals surface area contributed by atoms with Crippen molar-refractivity contribution in [1.82, 2.24) is 9.47 Å². The summed E-state index contributed by atoms with van der Waals surface area (Å²) >= 11 is 0. The Labute approximate surface area is 148 Å². The lowest BCUT2D eigenvalue weighted by molar-refractivity contribution is -0.0512. The number of aromatic nitrogens is 1. The SMILES string of the molecule is COc1cc(CN(C)Cn2c(=O)oc3ccccc32)ccc1OC(F)F. The zero-order valence-corrected chi connectivity index (χ0v) is 14.3. The van der Waals surface area contributed by atoms with Crippen LogP contribution in [-0.4, -0.2) is 30.2 Å². The maximum Gasteiger partial charge on any atom is 0.421 e. The zero-order chi connectivity index (χ0) is 18.7. The molecule has 0 saturated heterocycles. The van der Waals surface area contributed by atoms with Gasteiger partial charge in [0.05, 0.1) is 19.3 Å². The van der Waals surface area contributed by atoms with Crippen LogP contribution in [0.1, 0.15) is 5.56 Å². The Bertz CT molecular complexity index is 952. The van der Waals surface area contributed by atoms with Crippen molar-refractivity contribution in [3.05, 3.63) is 58.6 Å². The van der Waals surface area contributed by atoms with Gasteiger partial charge in [0.1, 0.15) is 0 Å². The highest BCUT2D eigenvalue weighted by Crippen LogP contribution is 2.29. The lowest BCUT2D eigenvalue weighted by Gasteiger charge is -2.18. The summed E-state index contributed by atoms with van der Waals surface area (Å²) in [6, 6.07) is 11.9. The van der Waals surface area contributed by atoms with Crippen molar-refractivity contribution in [3.8, 4) is 11.5 Å².